The van der Waals surface area contributed by atoms with Gasteiger partial charge in [-0.15, -0.1) is 11.3 Å². The Kier molecular flexibility index (Phi) is 3.09. The fourth-order valence-electron chi connectivity index (χ4n) is 2.39. The van der Waals surface area contributed by atoms with E-state index in [1.165, 1.54) is 10.4 Å². The van der Waals surface area contributed by atoms with Crippen molar-refractivity contribution in [1.29, 1.82) is 0 Å². The number of hydrogen-bond donors (Lipinski definition) is 0. The van der Waals surface area contributed by atoms with Gasteiger partial charge >= 0.3 is 0 Å². The first-order valence-corrected chi connectivity index (χ1v) is 7.16. The van der Waals surface area contributed by atoms with E-state index in [0.29, 0.717) is 0 Å². The van der Waals surface area contributed by atoms with Crippen molar-refractivity contribution < 1.29 is 0 Å². The molecule has 0 saturated carbocycles. The third-order valence-corrected chi connectivity index (χ3v) is 4.43. The van der Waals surface area contributed by atoms with E-state index in [4.69, 9.17) is 12.2 Å². The molecule has 2 aromatic heterocycles. The molecule has 0 aliphatic carbocycles. The molecule has 1 aliphatic rings. The van der Waals surface area contributed by atoms with Crippen LogP contribution in [0.2, 0.25) is 0 Å². The molecule has 18 heavy (non-hydrogen) atoms. The van der Waals surface area contributed by atoms with Crippen LogP contribution in [-0.2, 0) is 6.42 Å². The minimum absolute atomic E-state index is 0.0821. The Balaban J connectivity index is 2.10. The molecule has 1 atom stereocenters. The van der Waals surface area contributed by atoms with Gasteiger partial charge in [0.05, 0.1) is 4.99 Å². The van der Waals surface area contributed by atoms with Crippen LogP contribution in [0.3, 0.4) is 0 Å². The van der Waals surface area contributed by atoms with Gasteiger partial charge in [-0.3, -0.25) is 0 Å². The summed E-state index contributed by atoms with van der Waals surface area (Å²) in [6.07, 6.45) is 4.64. The van der Waals surface area contributed by atoms with Crippen LogP contribution in [0.25, 0.3) is 0 Å². The molecule has 3 heterocycles. The highest BCUT2D eigenvalue weighted by Crippen LogP contribution is 2.36. The van der Waals surface area contributed by atoms with Gasteiger partial charge in [-0.25, -0.2) is 9.97 Å². The number of hydrogen-bond acceptors (Lipinski definition) is 4. The van der Waals surface area contributed by atoms with Crippen LogP contribution in [0.4, 0.5) is 0 Å². The van der Waals surface area contributed by atoms with Crippen molar-refractivity contribution in [2.45, 2.75) is 19.4 Å². The van der Waals surface area contributed by atoms with Gasteiger partial charge in [-0.2, -0.15) is 0 Å². The molecule has 2 aromatic rings. The molecule has 0 fully saturated rings. The fraction of sp³-hybridized carbons (Fsp3) is 0.308. The van der Waals surface area contributed by atoms with Gasteiger partial charge in [0.1, 0.15) is 6.04 Å². The topological polar surface area (TPSA) is 29.0 Å². The van der Waals surface area contributed by atoms with Crippen LogP contribution >= 0.6 is 23.6 Å². The van der Waals surface area contributed by atoms with Crippen LogP contribution < -0.4 is 0 Å². The lowest BCUT2D eigenvalue weighted by atomic mass is 9.99. The Morgan fingerprint density at radius 2 is 2.22 bits per heavy atom. The van der Waals surface area contributed by atoms with Crippen LogP contribution in [0.1, 0.15) is 29.2 Å². The minimum Gasteiger partial charge on any atom is -0.352 e. The van der Waals surface area contributed by atoms with Crippen LogP contribution in [-0.4, -0.2) is 26.4 Å². The van der Waals surface area contributed by atoms with Gasteiger partial charge < -0.3 is 4.90 Å². The molecule has 3 rings (SSSR count). The zero-order chi connectivity index (χ0) is 12.5. The predicted molar refractivity (Wildman–Crippen MR) is 76.9 cm³/mol. The average Bonchev–Trinajstić information content (AvgIpc) is 2.86. The first-order valence-electron chi connectivity index (χ1n) is 5.88. The lowest BCUT2D eigenvalue weighted by Crippen LogP contribution is -2.38. The minimum atomic E-state index is 0.0821. The van der Waals surface area contributed by atoms with E-state index in [9.17, 15) is 0 Å². The molecule has 3 nitrogen and oxygen atoms in total. The zero-order valence-electron chi connectivity index (χ0n) is 10.0. The van der Waals surface area contributed by atoms with E-state index in [1.807, 2.05) is 24.3 Å². The smallest absolute Gasteiger partial charge is 0.155 e. The summed E-state index contributed by atoms with van der Waals surface area (Å²) in [6, 6.07) is 4.10. The lowest BCUT2D eigenvalue weighted by molar-refractivity contribution is 0.333. The standard InChI is InChI=1S/C13H13N3S2/c1-9(17)16-7-3-11-10(4-8-18-11)12(16)13-14-5-2-6-15-13/h2,4-6,8,12H,3,7H2,1H3. The maximum Gasteiger partial charge on any atom is 0.155 e. The molecule has 0 spiro atoms. The molecular weight excluding hydrogens is 262 g/mol. The molecule has 0 aromatic carbocycles. The summed E-state index contributed by atoms with van der Waals surface area (Å²) >= 11 is 7.18. The maximum absolute atomic E-state index is 5.37. The van der Waals surface area contributed by atoms with Crippen molar-refractivity contribution in [2.75, 3.05) is 6.54 Å². The lowest BCUT2D eigenvalue weighted by Gasteiger charge is -2.35. The second-order valence-electron chi connectivity index (χ2n) is 4.27. The predicted octanol–water partition coefficient (Wildman–Crippen LogP) is 2.83. The second-order valence-corrected chi connectivity index (χ2v) is 5.86. The van der Waals surface area contributed by atoms with Gasteiger partial charge in [0.25, 0.3) is 0 Å². The van der Waals surface area contributed by atoms with Gasteiger partial charge in [0.15, 0.2) is 5.82 Å². The Hall–Kier alpha value is -1.33. The van der Waals surface area contributed by atoms with Crippen molar-refractivity contribution in [2.24, 2.45) is 0 Å². The van der Waals surface area contributed by atoms with E-state index in [-0.39, 0.29) is 6.04 Å². The molecule has 0 bridgehead atoms. The van der Waals surface area contributed by atoms with Gasteiger partial charge in [-0.05, 0) is 36.4 Å². The Bertz CT molecular complexity index is 565. The third kappa shape index (κ3) is 1.93. The van der Waals surface area contributed by atoms with Gasteiger partial charge in [-0.1, -0.05) is 12.2 Å². The SMILES string of the molecule is CC(=S)N1CCc2sccc2C1c1ncccn1. The van der Waals surface area contributed by atoms with Gasteiger partial charge in [0, 0.05) is 23.8 Å². The molecule has 0 saturated heterocycles. The fourth-order valence-corrected chi connectivity index (χ4v) is 3.49. The normalized spacial score (nSPS) is 18.5. The van der Waals surface area contributed by atoms with Crippen LogP contribution in [0.5, 0.6) is 0 Å². The van der Waals surface area contributed by atoms with Crippen LogP contribution in [0.15, 0.2) is 29.9 Å². The Morgan fingerprint density at radius 1 is 1.44 bits per heavy atom. The molecular formula is C13H13N3S2. The first-order chi connectivity index (χ1) is 8.77. The van der Waals surface area contributed by atoms with E-state index in [0.717, 1.165) is 23.8 Å². The highest BCUT2D eigenvalue weighted by molar-refractivity contribution is 7.80. The molecule has 0 amide bonds. The Morgan fingerprint density at radius 3 is 2.94 bits per heavy atom. The van der Waals surface area contributed by atoms with Crippen molar-refractivity contribution >= 4 is 28.5 Å². The molecule has 1 aliphatic heterocycles. The number of rotatable bonds is 1. The Labute approximate surface area is 116 Å². The van der Waals surface area contributed by atoms with E-state index >= 15 is 0 Å². The number of fused-ring (bicyclic) bond motifs is 1. The number of aromatic nitrogens is 2. The maximum atomic E-state index is 5.37. The summed E-state index contributed by atoms with van der Waals surface area (Å²) in [5.74, 6) is 0.834. The first kappa shape index (κ1) is 11.7. The van der Waals surface area contributed by atoms with E-state index < -0.39 is 0 Å². The zero-order valence-corrected chi connectivity index (χ0v) is 11.7. The van der Waals surface area contributed by atoms with Crippen LogP contribution in [0, 0.1) is 0 Å². The van der Waals surface area contributed by atoms with E-state index in [1.54, 1.807) is 12.4 Å². The number of thiocarbonyl (C=S) groups is 1. The second kappa shape index (κ2) is 4.74. The van der Waals surface area contributed by atoms with Crippen molar-refractivity contribution in [3.05, 3.63) is 46.2 Å². The summed E-state index contributed by atoms with van der Waals surface area (Å²) < 4.78 is 0. The highest BCUT2D eigenvalue weighted by Gasteiger charge is 2.31. The molecule has 92 valence electrons. The summed E-state index contributed by atoms with van der Waals surface area (Å²) in [4.78, 5) is 13.4. The highest BCUT2D eigenvalue weighted by atomic mass is 32.1. The number of thiophene rings is 1. The molecule has 0 N–H and O–H groups in total. The summed E-state index contributed by atoms with van der Waals surface area (Å²) in [5.41, 5.74) is 1.31. The largest absolute Gasteiger partial charge is 0.352 e. The monoisotopic (exact) mass is 275 g/mol. The quantitative estimate of drug-likeness (QED) is 0.748. The summed E-state index contributed by atoms with van der Waals surface area (Å²) in [5, 5.41) is 2.14. The van der Waals surface area contributed by atoms with Crippen molar-refractivity contribution in [1.82, 2.24) is 14.9 Å². The number of nitrogens with zero attached hydrogens (tertiary/aromatic N) is 3. The van der Waals surface area contributed by atoms with Crippen molar-refractivity contribution in [3.63, 3.8) is 0 Å². The van der Waals surface area contributed by atoms with Crippen molar-refractivity contribution in [3.8, 4) is 0 Å². The average molecular weight is 275 g/mol. The molecule has 0 radical (unpaired) electrons. The molecule has 5 heteroatoms. The van der Waals surface area contributed by atoms with E-state index in [2.05, 4.69) is 26.3 Å². The molecule has 1 unspecified atom stereocenters. The summed E-state index contributed by atoms with van der Waals surface area (Å²) in [7, 11) is 0. The van der Waals surface area contributed by atoms with Gasteiger partial charge in [0.2, 0.25) is 0 Å². The third-order valence-electron chi connectivity index (χ3n) is 3.20. The summed E-state index contributed by atoms with van der Waals surface area (Å²) in [6.45, 7) is 2.93.